The highest BCUT2D eigenvalue weighted by molar-refractivity contribution is 5.86. The van der Waals surface area contributed by atoms with Gasteiger partial charge in [-0.1, -0.05) is 0 Å². The van der Waals surface area contributed by atoms with Gasteiger partial charge in [-0.05, 0) is 39.0 Å². The van der Waals surface area contributed by atoms with Crippen LogP contribution in [-0.2, 0) is 4.74 Å². The van der Waals surface area contributed by atoms with E-state index in [-0.39, 0.29) is 5.60 Å². The van der Waals surface area contributed by atoms with Crippen molar-refractivity contribution in [3.05, 3.63) is 24.5 Å². The van der Waals surface area contributed by atoms with E-state index in [0.717, 1.165) is 10.9 Å². The molecule has 1 aromatic carbocycles. The number of nitrogen functional groups attached to an aromatic ring is 1. The van der Waals surface area contributed by atoms with E-state index < -0.39 is 0 Å². The van der Waals surface area contributed by atoms with E-state index in [1.807, 2.05) is 39.0 Å². The molecule has 0 aliphatic rings. The minimum absolute atomic E-state index is 0.165. The number of ether oxygens (including phenoxy) is 2. The Kier molecular flexibility index (Phi) is 3.85. The first-order chi connectivity index (χ1) is 8.96. The molecule has 0 spiro atoms. The number of nitrogens with zero attached hydrogens (tertiary/aromatic N) is 2. The third kappa shape index (κ3) is 3.79. The van der Waals surface area contributed by atoms with Gasteiger partial charge < -0.3 is 15.2 Å². The number of rotatable bonds is 4. The molecule has 0 unspecified atom stereocenters. The second kappa shape index (κ2) is 5.40. The topological polar surface area (TPSA) is 70.3 Å². The summed E-state index contributed by atoms with van der Waals surface area (Å²) in [6, 6.07) is 5.47. The van der Waals surface area contributed by atoms with Crippen molar-refractivity contribution >= 4 is 16.6 Å². The van der Waals surface area contributed by atoms with Crippen molar-refractivity contribution in [3.63, 3.8) is 0 Å². The fraction of sp³-hybridized carbons (Fsp3) is 0.429. The number of benzene rings is 1. The molecule has 2 aromatic rings. The summed E-state index contributed by atoms with van der Waals surface area (Å²) >= 11 is 0. The van der Waals surface area contributed by atoms with Gasteiger partial charge in [0, 0.05) is 5.69 Å². The molecule has 0 fully saturated rings. The Balaban J connectivity index is 2.06. The van der Waals surface area contributed by atoms with Crippen molar-refractivity contribution in [2.45, 2.75) is 26.4 Å². The Hall–Kier alpha value is -1.88. The van der Waals surface area contributed by atoms with Gasteiger partial charge in [0.2, 0.25) is 5.88 Å². The largest absolute Gasteiger partial charge is 0.475 e. The molecular formula is C14H19N3O2. The van der Waals surface area contributed by atoms with Crippen molar-refractivity contribution in [2.24, 2.45) is 0 Å². The zero-order valence-corrected chi connectivity index (χ0v) is 11.5. The predicted molar refractivity (Wildman–Crippen MR) is 75.2 cm³/mol. The molecule has 5 nitrogen and oxygen atoms in total. The molecule has 0 saturated heterocycles. The van der Waals surface area contributed by atoms with Crippen LogP contribution in [0.1, 0.15) is 20.8 Å². The highest BCUT2D eigenvalue weighted by Crippen LogP contribution is 2.23. The van der Waals surface area contributed by atoms with E-state index in [1.165, 1.54) is 6.33 Å². The minimum atomic E-state index is -0.165. The van der Waals surface area contributed by atoms with E-state index in [0.29, 0.717) is 24.8 Å². The lowest BCUT2D eigenvalue weighted by atomic mass is 10.2. The third-order valence-electron chi connectivity index (χ3n) is 2.48. The summed E-state index contributed by atoms with van der Waals surface area (Å²) in [5, 5.41) is 0.818. The van der Waals surface area contributed by atoms with Gasteiger partial charge in [0.1, 0.15) is 12.9 Å². The van der Waals surface area contributed by atoms with E-state index >= 15 is 0 Å². The Morgan fingerprint density at radius 3 is 2.68 bits per heavy atom. The Morgan fingerprint density at radius 1 is 1.16 bits per heavy atom. The van der Waals surface area contributed by atoms with Crippen molar-refractivity contribution in [3.8, 4) is 5.88 Å². The molecule has 0 atom stereocenters. The molecule has 0 saturated carbocycles. The van der Waals surface area contributed by atoms with Crippen LogP contribution in [0.2, 0.25) is 0 Å². The van der Waals surface area contributed by atoms with Gasteiger partial charge in [-0.15, -0.1) is 0 Å². The van der Waals surface area contributed by atoms with Crippen LogP contribution >= 0.6 is 0 Å². The molecule has 0 bridgehead atoms. The first kappa shape index (κ1) is 13.5. The maximum Gasteiger partial charge on any atom is 0.224 e. The molecule has 1 aromatic heterocycles. The van der Waals surface area contributed by atoms with Crippen molar-refractivity contribution < 1.29 is 9.47 Å². The number of hydrogen-bond acceptors (Lipinski definition) is 5. The highest BCUT2D eigenvalue weighted by atomic mass is 16.5. The molecule has 19 heavy (non-hydrogen) atoms. The second-order valence-electron chi connectivity index (χ2n) is 5.26. The molecular weight excluding hydrogens is 242 g/mol. The van der Waals surface area contributed by atoms with Gasteiger partial charge in [-0.25, -0.2) is 9.97 Å². The van der Waals surface area contributed by atoms with Gasteiger partial charge in [-0.3, -0.25) is 0 Å². The van der Waals surface area contributed by atoms with Crippen LogP contribution in [0.3, 0.4) is 0 Å². The lowest BCUT2D eigenvalue weighted by Gasteiger charge is -2.19. The number of nitrogens with two attached hydrogens (primary N) is 1. The monoisotopic (exact) mass is 261 g/mol. The Labute approximate surface area is 112 Å². The number of aromatic nitrogens is 2. The summed E-state index contributed by atoms with van der Waals surface area (Å²) in [7, 11) is 0. The first-order valence-electron chi connectivity index (χ1n) is 6.23. The molecule has 0 aliphatic carbocycles. The molecule has 0 radical (unpaired) electrons. The van der Waals surface area contributed by atoms with Crippen LogP contribution in [0.15, 0.2) is 24.5 Å². The number of fused-ring (bicyclic) bond motifs is 1. The van der Waals surface area contributed by atoms with Gasteiger partial charge in [0.15, 0.2) is 0 Å². The predicted octanol–water partition coefficient (Wildman–Crippen LogP) is 2.41. The lowest BCUT2D eigenvalue weighted by molar-refractivity contribution is -0.0166. The lowest BCUT2D eigenvalue weighted by Crippen LogP contribution is -2.22. The zero-order chi connectivity index (χ0) is 13.9. The number of anilines is 1. The van der Waals surface area contributed by atoms with Crippen molar-refractivity contribution in [1.29, 1.82) is 0 Å². The maximum atomic E-state index is 5.77. The minimum Gasteiger partial charge on any atom is -0.475 e. The normalized spacial score (nSPS) is 11.7. The average molecular weight is 261 g/mol. The highest BCUT2D eigenvalue weighted by Gasteiger charge is 2.10. The van der Waals surface area contributed by atoms with Crippen LogP contribution in [-0.4, -0.2) is 28.8 Å². The summed E-state index contributed by atoms with van der Waals surface area (Å²) in [6.45, 7) is 6.98. The van der Waals surface area contributed by atoms with Crippen LogP contribution in [0.5, 0.6) is 5.88 Å². The molecule has 2 rings (SSSR count). The summed E-state index contributed by atoms with van der Waals surface area (Å²) in [6.07, 6.45) is 1.48. The van der Waals surface area contributed by atoms with Crippen molar-refractivity contribution in [1.82, 2.24) is 9.97 Å². The van der Waals surface area contributed by atoms with Gasteiger partial charge in [0.05, 0.1) is 23.1 Å². The Bertz CT molecular complexity index is 564. The molecule has 2 N–H and O–H groups in total. The fourth-order valence-electron chi connectivity index (χ4n) is 1.65. The quantitative estimate of drug-likeness (QED) is 0.676. The molecule has 102 valence electrons. The summed E-state index contributed by atoms with van der Waals surface area (Å²) < 4.78 is 11.2. The van der Waals surface area contributed by atoms with Crippen LogP contribution in [0.25, 0.3) is 10.9 Å². The van der Waals surface area contributed by atoms with Crippen LogP contribution in [0.4, 0.5) is 5.69 Å². The van der Waals surface area contributed by atoms with Crippen LogP contribution in [0, 0.1) is 0 Å². The van der Waals surface area contributed by atoms with E-state index in [4.69, 9.17) is 15.2 Å². The molecule has 0 amide bonds. The fourth-order valence-corrected chi connectivity index (χ4v) is 1.65. The van der Waals surface area contributed by atoms with E-state index in [1.54, 1.807) is 0 Å². The second-order valence-corrected chi connectivity index (χ2v) is 5.26. The van der Waals surface area contributed by atoms with E-state index in [9.17, 15) is 0 Å². The Morgan fingerprint density at radius 2 is 1.95 bits per heavy atom. The van der Waals surface area contributed by atoms with E-state index in [2.05, 4.69) is 9.97 Å². The standard InChI is InChI=1S/C14H19N3O2/c1-14(2,3)19-7-6-18-13-11-8-10(15)4-5-12(11)16-9-17-13/h4-5,8-9H,6-7,15H2,1-3H3. The molecule has 0 aliphatic heterocycles. The van der Waals surface area contributed by atoms with Gasteiger partial charge in [-0.2, -0.15) is 0 Å². The number of hydrogen-bond donors (Lipinski definition) is 1. The third-order valence-corrected chi connectivity index (χ3v) is 2.48. The van der Waals surface area contributed by atoms with Crippen molar-refractivity contribution in [2.75, 3.05) is 18.9 Å². The average Bonchev–Trinajstić information content (AvgIpc) is 2.33. The van der Waals surface area contributed by atoms with Crippen LogP contribution < -0.4 is 10.5 Å². The SMILES string of the molecule is CC(C)(C)OCCOc1ncnc2ccc(N)cc12. The first-order valence-corrected chi connectivity index (χ1v) is 6.23. The van der Waals surface area contributed by atoms with Gasteiger partial charge >= 0.3 is 0 Å². The summed E-state index contributed by atoms with van der Waals surface area (Å²) in [5.41, 5.74) is 7.08. The zero-order valence-electron chi connectivity index (χ0n) is 11.5. The summed E-state index contributed by atoms with van der Waals surface area (Å²) in [4.78, 5) is 8.31. The summed E-state index contributed by atoms with van der Waals surface area (Å²) in [5.74, 6) is 0.537. The molecule has 1 heterocycles. The maximum absolute atomic E-state index is 5.77. The van der Waals surface area contributed by atoms with Gasteiger partial charge in [0.25, 0.3) is 0 Å². The smallest absolute Gasteiger partial charge is 0.224 e. The molecule has 5 heteroatoms.